The van der Waals surface area contributed by atoms with Crippen molar-refractivity contribution in [3.63, 3.8) is 0 Å². The van der Waals surface area contributed by atoms with Crippen LogP contribution in [0.15, 0.2) is 67.0 Å². The number of alkyl halides is 3. The number of halogens is 3. The molecule has 9 heteroatoms. The summed E-state index contributed by atoms with van der Waals surface area (Å²) in [7, 11) is 0. The number of hydrogen-bond acceptors (Lipinski definition) is 4. The molecule has 3 aromatic rings. The molecule has 6 nitrogen and oxygen atoms in total. The minimum atomic E-state index is -4.53. The summed E-state index contributed by atoms with van der Waals surface area (Å²) < 4.78 is 69.0. The summed E-state index contributed by atoms with van der Waals surface area (Å²) in [5.41, 5.74) is 1.06. The zero-order chi connectivity index (χ0) is 23.5. The Morgan fingerprint density at radius 3 is 1.50 bits per heavy atom. The first-order valence-electron chi connectivity index (χ1n) is 11.1. The average Bonchev–Trinajstić information content (AvgIpc) is 3.54. The SMILES string of the molecule is FC(F)(F)c1c(C[n+]2ccccc2C2OCCO2)cccc1C[n+]1ccccc1C1OCCO1. The van der Waals surface area contributed by atoms with Crippen LogP contribution in [-0.4, -0.2) is 26.4 Å². The maximum Gasteiger partial charge on any atom is 0.417 e. The van der Waals surface area contributed by atoms with Crippen molar-refractivity contribution in [1.29, 1.82) is 0 Å². The van der Waals surface area contributed by atoms with Crippen LogP contribution in [0.25, 0.3) is 0 Å². The van der Waals surface area contributed by atoms with Crippen molar-refractivity contribution in [2.45, 2.75) is 31.8 Å². The highest BCUT2D eigenvalue weighted by Gasteiger charge is 2.39. The molecule has 0 unspecified atom stereocenters. The minimum Gasteiger partial charge on any atom is -0.341 e. The van der Waals surface area contributed by atoms with E-state index in [1.54, 1.807) is 51.9 Å². The predicted octanol–water partition coefficient (Wildman–Crippen LogP) is 3.47. The first-order chi connectivity index (χ1) is 16.5. The molecule has 2 fully saturated rings. The normalized spacial score (nSPS) is 17.5. The van der Waals surface area contributed by atoms with Gasteiger partial charge in [0.25, 0.3) is 0 Å². The van der Waals surface area contributed by atoms with Crippen LogP contribution in [0.2, 0.25) is 0 Å². The molecular formula is C25H25F3N2O4+2. The van der Waals surface area contributed by atoms with Gasteiger partial charge in [-0.15, -0.1) is 0 Å². The van der Waals surface area contributed by atoms with Crippen LogP contribution in [0, 0.1) is 0 Å². The lowest BCUT2D eigenvalue weighted by atomic mass is 9.99. The molecule has 2 aliphatic heterocycles. The molecule has 178 valence electrons. The number of ether oxygens (including phenoxy) is 4. The van der Waals surface area contributed by atoms with E-state index >= 15 is 0 Å². The largest absolute Gasteiger partial charge is 0.417 e. The number of benzene rings is 1. The van der Waals surface area contributed by atoms with Crippen molar-refractivity contribution in [2.75, 3.05) is 26.4 Å². The van der Waals surface area contributed by atoms with Gasteiger partial charge in [-0.2, -0.15) is 22.3 Å². The standard InChI is InChI=1S/C25H25F3N2O4/c26-25(27,28)22-18(16-29-10-3-1-8-20(29)23-31-12-13-32-23)6-5-7-19(22)17-30-11-4-2-9-21(30)24-33-14-15-34-24/h1-11,23-24H,12-17H2/q+2. The van der Waals surface area contributed by atoms with Crippen molar-refractivity contribution in [2.24, 2.45) is 0 Å². The van der Waals surface area contributed by atoms with Crippen molar-refractivity contribution in [3.8, 4) is 0 Å². The predicted molar refractivity (Wildman–Crippen MR) is 112 cm³/mol. The molecule has 2 saturated heterocycles. The molecule has 1 aromatic carbocycles. The molecule has 2 aromatic heterocycles. The first-order valence-corrected chi connectivity index (χ1v) is 11.1. The molecule has 0 spiro atoms. The highest BCUT2D eigenvalue weighted by Crippen LogP contribution is 2.35. The second-order valence-corrected chi connectivity index (χ2v) is 8.10. The van der Waals surface area contributed by atoms with Gasteiger partial charge in [-0.3, -0.25) is 0 Å². The van der Waals surface area contributed by atoms with E-state index in [0.717, 1.165) is 0 Å². The molecule has 0 amide bonds. The maximum atomic E-state index is 14.4. The number of pyridine rings is 2. The number of hydrogen-bond donors (Lipinski definition) is 0. The van der Waals surface area contributed by atoms with Crippen LogP contribution in [0.1, 0.15) is 40.7 Å². The fourth-order valence-corrected chi connectivity index (χ4v) is 4.40. The molecule has 0 aliphatic carbocycles. The lowest BCUT2D eigenvalue weighted by Crippen LogP contribution is -2.42. The molecule has 5 rings (SSSR count). The van der Waals surface area contributed by atoms with Gasteiger partial charge in [0.2, 0.25) is 24.0 Å². The summed E-state index contributed by atoms with van der Waals surface area (Å²) in [6, 6.07) is 15.5. The first kappa shape index (κ1) is 22.9. The third-order valence-electron chi connectivity index (χ3n) is 5.88. The van der Waals surface area contributed by atoms with Crippen LogP contribution in [0.5, 0.6) is 0 Å². The molecular weight excluding hydrogens is 449 g/mol. The third kappa shape index (κ3) is 4.83. The molecule has 4 heterocycles. The summed E-state index contributed by atoms with van der Waals surface area (Å²) in [6.07, 6.45) is -2.23. The molecule has 0 saturated carbocycles. The Labute approximate surface area is 195 Å². The van der Waals surface area contributed by atoms with Crippen LogP contribution < -0.4 is 9.13 Å². The van der Waals surface area contributed by atoms with E-state index in [4.69, 9.17) is 18.9 Å². The topological polar surface area (TPSA) is 44.7 Å². The fourth-order valence-electron chi connectivity index (χ4n) is 4.40. The molecule has 0 bridgehead atoms. The Morgan fingerprint density at radius 1 is 0.647 bits per heavy atom. The zero-order valence-corrected chi connectivity index (χ0v) is 18.4. The minimum absolute atomic E-state index is 0.0310. The fraction of sp³-hybridized carbons (Fsp3) is 0.360. The molecule has 0 atom stereocenters. The third-order valence-corrected chi connectivity index (χ3v) is 5.88. The van der Waals surface area contributed by atoms with E-state index in [0.29, 0.717) is 37.8 Å². The maximum absolute atomic E-state index is 14.4. The van der Waals surface area contributed by atoms with Gasteiger partial charge in [-0.05, 0) is 12.1 Å². The summed E-state index contributed by atoms with van der Waals surface area (Å²) in [5, 5.41) is 0. The lowest BCUT2D eigenvalue weighted by Gasteiger charge is -2.17. The van der Waals surface area contributed by atoms with Crippen molar-refractivity contribution < 1.29 is 41.3 Å². The Kier molecular flexibility index (Phi) is 6.60. The summed E-state index contributed by atoms with van der Waals surface area (Å²) >= 11 is 0. The Morgan fingerprint density at radius 2 is 1.09 bits per heavy atom. The van der Waals surface area contributed by atoms with E-state index in [1.807, 2.05) is 12.1 Å². The van der Waals surface area contributed by atoms with E-state index in [-0.39, 0.29) is 24.2 Å². The van der Waals surface area contributed by atoms with Gasteiger partial charge >= 0.3 is 6.18 Å². The number of nitrogens with zero attached hydrogens (tertiary/aromatic N) is 2. The van der Waals surface area contributed by atoms with E-state index in [9.17, 15) is 13.2 Å². The zero-order valence-electron chi connectivity index (χ0n) is 18.4. The lowest BCUT2D eigenvalue weighted by molar-refractivity contribution is -0.703. The monoisotopic (exact) mass is 474 g/mol. The Balaban J connectivity index is 1.51. The number of rotatable bonds is 6. The van der Waals surface area contributed by atoms with Gasteiger partial charge in [-0.1, -0.05) is 18.2 Å². The Bertz CT molecular complexity index is 1060. The molecule has 0 radical (unpaired) electrons. The smallest absolute Gasteiger partial charge is 0.341 e. The van der Waals surface area contributed by atoms with Gasteiger partial charge in [0.15, 0.2) is 25.5 Å². The molecule has 0 N–H and O–H groups in total. The second-order valence-electron chi connectivity index (χ2n) is 8.10. The highest BCUT2D eigenvalue weighted by molar-refractivity contribution is 5.37. The second kappa shape index (κ2) is 9.79. The van der Waals surface area contributed by atoms with Crippen molar-refractivity contribution >= 4 is 0 Å². The van der Waals surface area contributed by atoms with Gasteiger partial charge in [0.1, 0.15) is 0 Å². The average molecular weight is 474 g/mol. The molecule has 2 aliphatic rings. The van der Waals surface area contributed by atoms with Gasteiger partial charge in [-0.25, -0.2) is 0 Å². The van der Waals surface area contributed by atoms with E-state index < -0.39 is 24.3 Å². The van der Waals surface area contributed by atoms with Crippen LogP contribution in [0.3, 0.4) is 0 Å². The van der Waals surface area contributed by atoms with Gasteiger partial charge < -0.3 is 18.9 Å². The van der Waals surface area contributed by atoms with Gasteiger partial charge in [0.05, 0.1) is 32.0 Å². The molecule has 34 heavy (non-hydrogen) atoms. The summed E-state index contributed by atoms with van der Waals surface area (Å²) in [5.74, 6) is 0. The van der Waals surface area contributed by atoms with Crippen molar-refractivity contribution in [3.05, 3.63) is 95.1 Å². The van der Waals surface area contributed by atoms with E-state index in [2.05, 4.69) is 0 Å². The summed E-state index contributed by atoms with van der Waals surface area (Å²) in [4.78, 5) is 0. The van der Waals surface area contributed by atoms with Crippen LogP contribution in [0.4, 0.5) is 13.2 Å². The Hall–Kier alpha value is -2.85. The quantitative estimate of drug-likeness (QED) is 0.514. The summed E-state index contributed by atoms with van der Waals surface area (Å²) in [6.45, 7) is 1.87. The number of aromatic nitrogens is 2. The van der Waals surface area contributed by atoms with E-state index in [1.165, 1.54) is 12.1 Å². The van der Waals surface area contributed by atoms with Crippen molar-refractivity contribution in [1.82, 2.24) is 0 Å². The van der Waals surface area contributed by atoms with Crippen LogP contribution in [-0.2, 0) is 38.2 Å². The van der Waals surface area contributed by atoms with Crippen LogP contribution >= 0.6 is 0 Å². The van der Waals surface area contributed by atoms with Gasteiger partial charge in [0, 0.05) is 35.4 Å². The highest BCUT2D eigenvalue weighted by atomic mass is 19.4.